The number of phenols is 1. The first-order valence-electron chi connectivity index (χ1n) is 5.87. The maximum atomic E-state index is 12.3. The minimum Gasteiger partial charge on any atom is -0.508 e. The summed E-state index contributed by atoms with van der Waals surface area (Å²) in [7, 11) is 0. The first-order chi connectivity index (χ1) is 8.99. The molecule has 2 rings (SSSR count). The van der Waals surface area contributed by atoms with E-state index in [9.17, 15) is 14.7 Å². The molecule has 1 aromatic heterocycles. The molecule has 0 atom stereocenters. The number of carbonyl (C=O) groups excluding carboxylic acids is 1. The van der Waals surface area contributed by atoms with Crippen LogP contribution < -0.4 is 5.43 Å². The lowest BCUT2D eigenvalue weighted by Gasteiger charge is -2.07. The van der Waals surface area contributed by atoms with Gasteiger partial charge in [0.1, 0.15) is 17.1 Å². The van der Waals surface area contributed by atoms with Crippen molar-refractivity contribution < 1.29 is 19.1 Å². The van der Waals surface area contributed by atoms with Gasteiger partial charge >= 0.3 is 5.97 Å². The predicted molar refractivity (Wildman–Crippen MR) is 69.2 cm³/mol. The van der Waals surface area contributed by atoms with Gasteiger partial charge in [0.25, 0.3) is 0 Å². The third-order valence-electron chi connectivity index (χ3n) is 2.83. The van der Waals surface area contributed by atoms with E-state index < -0.39 is 0 Å². The standard InChI is InChI=1S/C14H14O5/c1-8-11(5-6-18-9(2)15)14(17)12-4-3-10(16)7-13(12)19-8/h3-4,7,16H,5-6H2,1-2H3. The van der Waals surface area contributed by atoms with Crippen molar-refractivity contribution in [2.45, 2.75) is 20.3 Å². The van der Waals surface area contributed by atoms with E-state index in [-0.39, 0.29) is 23.8 Å². The van der Waals surface area contributed by atoms with Gasteiger partial charge in [-0.1, -0.05) is 0 Å². The Labute approximate surface area is 109 Å². The summed E-state index contributed by atoms with van der Waals surface area (Å²) in [6, 6.07) is 4.36. The third kappa shape index (κ3) is 2.76. The van der Waals surface area contributed by atoms with E-state index in [0.717, 1.165) is 0 Å². The maximum Gasteiger partial charge on any atom is 0.302 e. The minimum absolute atomic E-state index is 0.0442. The molecule has 0 unspecified atom stereocenters. The van der Waals surface area contributed by atoms with Crippen molar-refractivity contribution in [2.24, 2.45) is 0 Å². The minimum atomic E-state index is -0.382. The van der Waals surface area contributed by atoms with Gasteiger partial charge in [0.2, 0.25) is 0 Å². The lowest BCUT2D eigenvalue weighted by atomic mass is 10.1. The number of rotatable bonds is 3. The van der Waals surface area contributed by atoms with Crippen LogP contribution in [-0.4, -0.2) is 17.7 Å². The van der Waals surface area contributed by atoms with Crippen molar-refractivity contribution in [3.8, 4) is 5.75 Å². The number of esters is 1. The second-order valence-corrected chi connectivity index (χ2v) is 4.24. The van der Waals surface area contributed by atoms with Crippen LogP contribution in [0.5, 0.6) is 5.75 Å². The Morgan fingerprint density at radius 2 is 2.16 bits per heavy atom. The highest BCUT2D eigenvalue weighted by Gasteiger charge is 2.12. The summed E-state index contributed by atoms with van der Waals surface area (Å²) in [4.78, 5) is 23.0. The zero-order chi connectivity index (χ0) is 14.0. The first-order valence-corrected chi connectivity index (χ1v) is 5.87. The number of aromatic hydroxyl groups is 1. The average Bonchev–Trinajstić information content (AvgIpc) is 2.32. The Bertz CT molecular complexity index is 684. The molecule has 0 radical (unpaired) electrons. The van der Waals surface area contributed by atoms with Crippen LogP contribution in [0.1, 0.15) is 18.2 Å². The molecule has 1 heterocycles. The van der Waals surface area contributed by atoms with E-state index in [4.69, 9.17) is 9.15 Å². The van der Waals surface area contributed by atoms with Crippen molar-refractivity contribution in [2.75, 3.05) is 6.61 Å². The van der Waals surface area contributed by atoms with Gasteiger partial charge < -0.3 is 14.3 Å². The summed E-state index contributed by atoms with van der Waals surface area (Å²) in [5.74, 6) is 0.130. The fraction of sp³-hybridized carbons (Fsp3) is 0.286. The topological polar surface area (TPSA) is 76.7 Å². The number of benzene rings is 1. The van der Waals surface area contributed by atoms with Crippen LogP contribution in [0.3, 0.4) is 0 Å². The molecular weight excluding hydrogens is 248 g/mol. The largest absolute Gasteiger partial charge is 0.508 e. The summed E-state index contributed by atoms with van der Waals surface area (Å²) < 4.78 is 10.3. The number of hydrogen-bond donors (Lipinski definition) is 1. The molecule has 0 aliphatic carbocycles. The van der Waals surface area contributed by atoms with E-state index in [1.807, 2.05) is 0 Å². The van der Waals surface area contributed by atoms with Crippen LogP contribution in [0.4, 0.5) is 0 Å². The molecule has 1 aromatic carbocycles. The van der Waals surface area contributed by atoms with Crippen molar-refractivity contribution in [3.05, 3.63) is 39.7 Å². The van der Waals surface area contributed by atoms with Gasteiger partial charge in [0, 0.05) is 25.0 Å². The molecule has 0 fully saturated rings. The van der Waals surface area contributed by atoms with E-state index in [0.29, 0.717) is 28.7 Å². The van der Waals surface area contributed by atoms with Gasteiger partial charge in [-0.15, -0.1) is 0 Å². The van der Waals surface area contributed by atoms with Crippen LogP contribution >= 0.6 is 0 Å². The van der Waals surface area contributed by atoms with Gasteiger partial charge in [-0.25, -0.2) is 0 Å². The third-order valence-corrected chi connectivity index (χ3v) is 2.83. The SMILES string of the molecule is CC(=O)OCCc1c(C)oc2cc(O)ccc2c1=O. The maximum absolute atomic E-state index is 12.3. The van der Waals surface area contributed by atoms with Crippen LogP contribution in [0.15, 0.2) is 27.4 Å². The van der Waals surface area contributed by atoms with Crippen LogP contribution in [0.2, 0.25) is 0 Å². The molecule has 5 nitrogen and oxygen atoms in total. The second-order valence-electron chi connectivity index (χ2n) is 4.24. The Morgan fingerprint density at radius 1 is 1.42 bits per heavy atom. The molecule has 0 spiro atoms. The van der Waals surface area contributed by atoms with Crippen molar-refractivity contribution in [1.82, 2.24) is 0 Å². The molecule has 0 saturated heterocycles. The molecule has 0 aliphatic heterocycles. The Kier molecular flexibility index (Phi) is 3.55. The highest BCUT2D eigenvalue weighted by Crippen LogP contribution is 2.20. The van der Waals surface area contributed by atoms with Crippen molar-refractivity contribution in [3.63, 3.8) is 0 Å². The molecule has 0 amide bonds. The fourth-order valence-corrected chi connectivity index (χ4v) is 1.92. The number of carbonyl (C=O) groups is 1. The number of hydrogen-bond acceptors (Lipinski definition) is 5. The summed E-state index contributed by atoms with van der Waals surface area (Å²) in [5.41, 5.74) is 0.670. The number of phenolic OH excluding ortho intramolecular Hbond substituents is 1. The van der Waals surface area contributed by atoms with Gasteiger partial charge in [-0.2, -0.15) is 0 Å². The van der Waals surface area contributed by atoms with Crippen molar-refractivity contribution >= 4 is 16.9 Å². The molecule has 100 valence electrons. The smallest absolute Gasteiger partial charge is 0.302 e. The first kappa shape index (κ1) is 13.1. The molecule has 2 aromatic rings. The lowest BCUT2D eigenvalue weighted by molar-refractivity contribution is -0.140. The quantitative estimate of drug-likeness (QED) is 0.855. The highest BCUT2D eigenvalue weighted by molar-refractivity contribution is 5.78. The summed E-state index contributed by atoms with van der Waals surface area (Å²) in [6.07, 6.45) is 0.310. The second kappa shape index (κ2) is 5.14. The van der Waals surface area contributed by atoms with Gasteiger partial charge in [-0.05, 0) is 19.1 Å². The van der Waals surface area contributed by atoms with Gasteiger partial charge in [0.15, 0.2) is 5.43 Å². The molecule has 0 aliphatic rings. The normalized spacial score (nSPS) is 10.6. The highest BCUT2D eigenvalue weighted by atomic mass is 16.5. The summed E-state index contributed by atoms with van der Waals surface area (Å²) in [5, 5.41) is 9.77. The zero-order valence-electron chi connectivity index (χ0n) is 10.7. The molecule has 0 saturated carbocycles. The molecule has 0 bridgehead atoms. The zero-order valence-corrected chi connectivity index (χ0v) is 10.7. The molecule has 19 heavy (non-hydrogen) atoms. The Hall–Kier alpha value is -2.30. The van der Waals surface area contributed by atoms with Crippen LogP contribution in [-0.2, 0) is 16.0 Å². The number of aryl methyl sites for hydroxylation is 1. The monoisotopic (exact) mass is 262 g/mol. The lowest BCUT2D eigenvalue weighted by Crippen LogP contribution is -2.14. The Morgan fingerprint density at radius 3 is 2.84 bits per heavy atom. The van der Waals surface area contributed by atoms with E-state index in [1.165, 1.54) is 25.1 Å². The summed E-state index contributed by atoms with van der Waals surface area (Å²) in [6.45, 7) is 3.14. The van der Waals surface area contributed by atoms with E-state index in [2.05, 4.69) is 0 Å². The number of ether oxygens (including phenoxy) is 1. The number of fused-ring (bicyclic) bond motifs is 1. The summed E-state index contributed by atoms with van der Waals surface area (Å²) >= 11 is 0. The average molecular weight is 262 g/mol. The Balaban J connectivity index is 2.42. The van der Waals surface area contributed by atoms with E-state index >= 15 is 0 Å². The molecular formula is C14H14O5. The van der Waals surface area contributed by atoms with E-state index in [1.54, 1.807) is 6.92 Å². The van der Waals surface area contributed by atoms with Crippen LogP contribution in [0.25, 0.3) is 11.0 Å². The van der Waals surface area contributed by atoms with Gasteiger partial charge in [-0.3, -0.25) is 9.59 Å². The molecule has 5 heteroatoms. The van der Waals surface area contributed by atoms with Gasteiger partial charge in [0.05, 0.1) is 12.0 Å². The predicted octanol–water partition coefficient (Wildman–Crippen LogP) is 1.91. The fourth-order valence-electron chi connectivity index (χ4n) is 1.92. The van der Waals surface area contributed by atoms with Crippen molar-refractivity contribution in [1.29, 1.82) is 0 Å². The molecule has 1 N–H and O–H groups in total. The van der Waals surface area contributed by atoms with Crippen LogP contribution in [0, 0.1) is 6.92 Å².